The van der Waals surface area contributed by atoms with Gasteiger partial charge < -0.3 is 10.2 Å². The highest BCUT2D eigenvalue weighted by Crippen LogP contribution is 1.92. The molecule has 2 N–H and O–H groups in total. The van der Waals surface area contributed by atoms with Crippen LogP contribution in [0.25, 0.3) is 0 Å². The first-order valence-corrected chi connectivity index (χ1v) is 5.22. The smallest absolute Gasteiger partial charge is 0.236 e. The van der Waals surface area contributed by atoms with Crippen LogP contribution >= 0.6 is 0 Å². The molecule has 0 bridgehead atoms. The van der Waals surface area contributed by atoms with Crippen molar-refractivity contribution in [3.63, 3.8) is 0 Å². The van der Waals surface area contributed by atoms with Gasteiger partial charge in [-0.2, -0.15) is 0 Å². The van der Waals surface area contributed by atoms with E-state index in [1.54, 1.807) is 11.9 Å². The molecule has 0 fully saturated rings. The number of likely N-dealkylation sites (N-methyl/N-ethyl adjacent to an activating group) is 2. The first-order valence-electron chi connectivity index (χ1n) is 5.22. The molecule has 0 aromatic rings. The van der Waals surface area contributed by atoms with E-state index in [0.29, 0.717) is 6.54 Å². The van der Waals surface area contributed by atoms with Crippen LogP contribution in [0.2, 0.25) is 0 Å². The summed E-state index contributed by atoms with van der Waals surface area (Å²) >= 11 is 0. The van der Waals surface area contributed by atoms with Crippen molar-refractivity contribution in [3.05, 3.63) is 0 Å². The fourth-order valence-corrected chi connectivity index (χ4v) is 0.955. The fraction of sp³-hybridized carbons (Fsp3) is 0.800. The molecule has 5 heteroatoms. The van der Waals surface area contributed by atoms with Gasteiger partial charge in [0.05, 0.1) is 13.1 Å². The van der Waals surface area contributed by atoms with Crippen LogP contribution in [-0.4, -0.2) is 49.4 Å². The SMILES string of the molecule is CCNC(=O)CNCC(=O)N(C)C(C)C. The minimum Gasteiger partial charge on any atom is -0.355 e. The van der Waals surface area contributed by atoms with E-state index in [1.165, 1.54) is 0 Å². The second-order valence-electron chi connectivity index (χ2n) is 3.66. The molecular formula is C10H21N3O2. The van der Waals surface area contributed by atoms with E-state index in [0.717, 1.165) is 0 Å². The molecular weight excluding hydrogens is 194 g/mol. The highest BCUT2D eigenvalue weighted by molar-refractivity contribution is 5.81. The Bertz CT molecular complexity index is 217. The number of carbonyl (C=O) groups excluding carboxylic acids is 2. The standard InChI is InChI=1S/C10H21N3O2/c1-5-12-9(14)6-11-7-10(15)13(4)8(2)3/h8,11H,5-7H2,1-4H3,(H,12,14). The summed E-state index contributed by atoms with van der Waals surface area (Å²) in [5.41, 5.74) is 0. The minimum absolute atomic E-state index is 0.00528. The van der Waals surface area contributed by atoms with Crippen LogP contribution in [-0.2, 0) is 9.59 Å². The summed E-state index contributed by atoms with van der Waals surface area (Å²) in [7, 11) is 1.75. The zero-order valence-corrected chi connectivity index (χ0v) is 9.96. The van der Waals surface area contributed by atoms with Crippen molar-refractivity contribution in [1.82, 2.24) is 15.5 Å². The van der Waals surface area contributed by atoms with Gasteiger partial charge in [-0.25, -0.2) is 0 Å². The molecule has 0 aliphatic heterocycles. The molecule has 0 heterocycles. The van der Waals surface area contributed by atoms with Gasteiger partial charge in [-0.05, 0) is 20.8 Å². The van der Waals surface area contributed by atoms with Crippen LogP contribution in [0.5, 0.6) is 0 Å². The predicted molar refractivity (Wildman–Crippen MR) is 59.5 cm³/mol. The molecule has 88 valence electrons. The number of nitrogens with zero attached hydrogens (tertiary/aromatic N) is 1. The summed E-state index contributed by atoms with van der Waals surface area (Å²) in [5.74, 6) is -0.0909. The Morgan fingerprint density at radius 3 is 2.33 bits per heavy atom. The first kappa shape index (κ1) is 13.9. The van der Waals surface area contributed by atoms with Crippen LogP contribution in [0, 0.1) is 0 Å². The summed E-state index contributed by atoms with van der Waals surface area (Å²) in [6.45, 7) is 6.75. The van der Waals surface area contributed by atoms with Crippen molar-refractivity contribution in [2.75, 3.05) is 26.7 Å². The molecule has 0 aromatic carbocycles. The molecule has 0 spiro atoms. The summed E-state index contributed by atoms with van der Waals surface area (Å²) in [5, 5.41) is 5.45. The van der Waals surface area contributed by atoms with Crippen molar-refractivity contribution in [2.24, 2.45) is 0 Å². The maximum atomic E-state index is 11.5. The Morgan fingerprint density at radius 2 is 1.87 bits per heavy atom. The highest BCUT2D eigenvalue weighted by Gasteiger charge is 2.11. The maximum Gasteiger partial charge on any atom is 0.236 e. The molecule has 5 nitrogen and oxygen atoms in total. The monoisotopic (exact) mass is 215 g/mol. The van der Waals surface area contributed by atoms with E-state index in [4.69, 9.17) is 0 Å². The Morgan fingerprint density at radius 1 is 1.27 bits per heavy atom. The third-order valence-corrected chi connectivity index (χ3v) is 2.10. The third-order valence-electron chi connectivity index (χ3n) is 2.10. The Kier molecular flexibility index (Phi) is 6.70. The van der Waals surface area contributed by atoms with E-state index < -0.39 is 0 Å². The third kappa shape index (κ3) is 6.06. The number of rotatable bonds is 6. The van der Waals surface area contributed by atoms with Gasteiger partial charge in [-0.15, -0.1) is 0 Å². The Labute approximate surface area is 91.2 Å². The van der Waals surface area contributed by atoms with E-state index in [1.807, 2.05) is 20.8 Å². The molecule has 0 radical (unpaired) electrons. The number of hydrogen-bond acceptors (Lipinski definition) is 3. The zero-order chi connectivity index (χ0) is 11.8. The molecule has 0 aromatic heterocycles. The van der Waals surface area contributed by atoms with E-state index >= 15 is 0 Å². The second-order valence-corrected chi connectivity index (χ2v) is 3.66. The number of nitrogens with one attached hydrogen (secondary N) is 2. The molecule has 0 saturated heterocycles. The molecule has 0 saturated carbocycles. The van der Waals surface area contributed by atoms with Gasteiger partial charge in [0.2, 0.25) is 11.8 Å². The van der Waals surface area contributed by atoms with Gasteiger partial charge in [0, 0.05) is 19.6 Å². The van der Waals surface area contributed by atoms with Crippen LogP contribution in [0.15, 0.2) is 0 Å². The molecule has 2 amide bonds. The van der Waals surface area contributed by atoms with Gasteiger partial charge in [-0.1, -0.05) is 0 Å². The Hall–Kier alpha value is -1.10. The van der Waals surface area contributed by atoms with Crippen molar-refractivity contribution in [1.29, 1.82) is 0 Å². The summed E-state index contributed by atoms with van der Waals surface area (Å²) < 4.78 is 0. The minimum atomic E-state index is -0.0856. The van der Waals surface area contributed by atoms with E-state index in [2.05, 4.69) is 10.6 Å². The normalized spacial score (nSPS) is 10.2. The number of carbonyl (C=O) groups is 2. The van der Waals surface area contributed by atoms with Gasteiger partial charge in [-0.3, -0.25) is 14.9 Å². The largest absolute Gasteiger partial charge is 0.355 e. The molecule has 15 heavy (non-hydrogen) atoms. The lowest BCUT2D eigenvalue weighted by atomic mass is 10.3. The van der Waals surface area contributed by atoms with Gasteiger partial charge in [0.15, 0.2) is 0 Å². The van der Waals surface area contributed by atoms with Crippen LogP contribution in [0.4, 0.5) is 0 Å². The molecule has 0 aliphatic carbocycles. The van der Waals surface area contributed by atoms with Crippen LogP contribution in [0.1, 0.15) is 20.8 Å². The van der Waals surface area contributed by atoms with Crippen LogP contribution in [0.3, 0.4) is 0 Å². The first-order chi connectivity index (χ1) is 6.99. The summed E-state index contributed by atoms with van der Waals surface area (Å²) in [6, 6.07) is 0.184. The second kappa shape index (κ2) is 7.23. The number of amides is 2. The average Bonchev–Trinajstić information content (AvgIpc) is 2.16. The number of hydrogen-bond donors (Lipinski definition) is 2. The predicted octanol–water partition coefficient (Wildman–Crippen LogP) is -0.421. The zero-order valence-electron chi connectivity index (χ0n) is 9.96. The lowest BCUT2D eigenvalue weighted by Gasteiger charge is -2.21. The van der Waals surface area contributed by atoms with Crippen molar-refractivity contribution >= 4 is 11.8 Å². The molecule has 0 atom stereocenters. The average molecular weight is 215 g/mol. The van der Waals surface area contributed by atoms with Crippen LogP contribution < -0.4 is 10.6 Å². The topological polar surface area (TPSA) is 61.4 Å². The van der Waals surface area contributed by atoms with Crippen molar-refractivity contribution in [2.45, 2.75) is 26.8 Å². The molecule has 0 aliphatic rings. The van der Waals surface area contributed by atoms with E-state index in [9.17, 15) is 9.59 Å². The van der Waals surface area contributed by atoms with E-state index in [-0.39, 0.29) is 30.9 Å². The fourth-order valence-electron chi connectivity index (χ4n) is 0.955. The van der Waals surface area contributed by atoms with Gasteiger partial charge in [0.25, 0.3) is 0 Å². The lowest BCUT2D eigenvalue weighted by molar-refractivity contribution is -0.130. The van der Waals surface area contributed by atoms with Crippen molar-refractivity contribution < 1.29 is 9.59 Å². The summed E-state index contributed by atoms with van der Waals surface area (Å²) in [6.07, 6.45) is 0. The van der Waals surface area contributed by atoms with Crippen molar-refractivity contribution in [3.8, 4) is 0 Å². The highest BCUT2D eigenvalue weighted by atomic mass is 16.2. The lowest BCUT2D eigenvalue weighted by Crippen LogP contribution is -2.42. The molecule has 0 unspecified atom stereocenters. The Balaban J connectivity index is 3.68. The quantitative estimate of drug-likeness (QED) is 0.632. The maximum absolute atomic E-state index is 11.5. The van der Waals surface area contributed by atoms with Gasteiger partial charge >= 0.3 is 0 Å². The molecule has 0 rings (SSSR count). The van der Waals surface area contributed by atoms with Gasteiger partial charge in [0.1, 0.15) is 0 Å². The summed E-state index contributed by atoms with van der Waals surface area (Å²) in [4.78, 5) is 24.1.